The maximum Gasteiger partial charge on any atom is 0.224 e. The van der Waals surface area contributed by atoms with Crippen molar-refractivity contribution in [1.82, 2.24) is 0 Å². The highest BCUT2D eigenvalue weighted by Gasteiger charge is 2.46. The fraction of sp³-hybridized carbons (Fsp3) is 0.562. The Labute approximate surface area is 119 Å². The molecule has 0 bridgehead atoms. The van der Waals surface area contributed by atoms with E-state index in [0.717, 1.165) is 17.0 Å². The quantitative estimate of drug-likeness (QED) is 0.901. The van der Waals surface area contributed by atoms with Crippen molar-refractivity contribution < 1.29 is 9.53 Å². The topological polar surface area (TPSA) is 55.6 Å². The van der Waals surface area contributed by atoms with Crippen molar-refractivity contribution in [2.45, 2.75) is 38.8 Å². The van der Waals surface area contributed by atoms with Crippen LogP contribution in [0.25, 0.3) is 0 Å². The molecule has 20 heavy (non-hydrogen) atoms. The van der Waals surface area contributed by atoms with Crippen LogP contribution in [0.4, 0.5) is 5.69 Å². The predicted molar refractivity (Wildman–Crippen MR) is 78.8 cm³/mol. The first-order valence-corrected chi connectivity index (χ1v) is 7.28. The number of anilines is 1. The second-order valence-corrected chi connectivity index (χ2v) is 6.03. The van der Waals surface area contributed by atoms with Crippen molar-refractivity contribution in [3.8, 4) is 5.75 Å². The number of hydrogen-bond donors (Lipinski definition) is 1. The summed E-state index contributed by atoms with van der Waals surface area (Å²) in [5, 5.41) is 0. The number of fused-ring (bicyclic) bond motifs is 1. The number of carbonyl (C=O) groups is 1. The number of methoxy groups -OCH3 is 1. The van der Waals surface area contributed by atoms with Gasteiger partial charge in [-0.3, -0.25) is 4.79 Å². The lowest BCUT2D eigenvalue weighted by molar-refractivity contribution is -0.117. The molecule has 1 aromatic rings. The second kappa shape index (κ2) is 4.77. The Balaban J connectivity index is 2.11. The van der Waals surface area contributed by atoms with Gasteiger partial charge in [0.15, 0.2) is 0 Å². The number of carbonyl (C=O) groups excluding carboxylic acids is 1. The standard InChI is InChI=1S/C16H22N2O2/c1-9-15(17)13-8-12(20-3)6-7-14(13)18(10(2)19)16(9)11-4-5-11/h6-9,11,15-16H,4-5,17H2,1-3H3/t9-,15-,16-/m1/s1. The Morgan fingerprint density at radius 1 is 1.40 bits per heavy atom. The highest BCUT2D eigenvalue weighted by molar-refractivity contribution is 5.94. The normalized spacial score (nSPS) is 29.0. The highest BCUT2D eigenvalue weighted by atomic mass is 16.5. The number of nitrogens with zero attached hydrogens (tertiary/aromatic N) is 1. The SMILES string of the molecule is COc1ccc2c(c1)[C@H](N)[C@@H](C)[C@H](C1CC1)N2C(C)=O. The largest absolute Gasteiger partial charge is 0.497 e. The minimum Gasteiger partial charge on any atom is -0.497 e. The van der Waals surface area contributed by atoms with Crippen LogP contribution in [0.3, 0.4) is 0 Å². The van der Waals surface area contributed by atoms with Crippen LogP contribution in [-0.2, 0) is 4.79 Å². The molecule has 1 amide bonds. The molecule has 0 unspecified atom stereocenters. The van der Waals surface area contributed by atoms with E-state index in [9.17, 15) is 4.79 Å². The first-order chi connectivity index (χ1) is 9.54. The third-order valence-electron chi connectivity index (χ3n) is 4.70. The molecule has 2 N–H and O–H groups in total. The summed E-state index contributed by atoms with van der Waals surface area (Å²) in [4.78, 5) is 14.1. The Bertz CT molecular complexity index is 539. The van der Waals surface area contributed by atoms with E-state index in [4.69, 9.17) is 10.5 Å². The molecule has 1 saturated carbocycles. The number of amides is 1. The first kappa shape index (κ1) is 13.4. The minimum atomic E-state index is -0.0405. The van der Waals surface area contributed by atoms with E-state index in [1.54, 1.807) is 14.0 Å². The second-order valence-electron chi connectivity index (χ2n) is 6.03. The third-order valence-corrected chi connectivity index (χ3v) is 4.70. The van der Waals surface area contributed by atoms with Crippen molar-refractivity contribution in [2.24, 2.45) is 17.6 Å². The summed E-state index contributed by atoms with van der Waals surface area (Å²) in [6.07, 6.45) is 2.41. The number of hydrogen-bond acceptors (Lipinski definition) is 3. The molecule has 0 spiro atoms. The van der Waals surface area contributed by atoms with E-state index in [0.29, 0.717) is 5.92 Å². The number of ether oxygens (including phenoxy) is 1. The van der Waals surface area contributed by atoms with E-state index in [1.165, 1.54) is 12.8 Å². The molecule has 0 radical (unpaired) electrons. The van der Waals surface area contributed by atoms with Crippen molar-refractivity contribution in [3.63, 3.8) is 0 Å². The average Bonchev–Trinajstić information content (AvgIpc) is 3.26. The van der Waals surface area contributed by atoms with Crippen LogP contribution < -0.4 is 15.4 Å². The van der Waals surface area contributed by atoms with Gasteiger partial charge in [-0.25, -0.2) is 0 Å². The van der Waals surface area contributed by atoms with Gasteiger partial charge in [0, 0.05) is 24.7 Å². The molecular weight excluding hydrogens is 252 g/mol. The summed E-state index contributed by atoms with van der Waals surface area (Å²) < 4.78 is 5.29. The number of rotatable bonds is 2. The lowest BCUT2D eigenvalue weighted by Crippen LogP contribution is -2.51. The van der Waals surface area contributed by atoms with Crippen molar-refractivity contribution in [1.29, 1.82) is 0 Å². The molecule has 1 heterocycles. The Kier molecular flexibility index (Phi) is 3.21. The molecule has 3 rings (SSSR count). The number of nitrogens with two attached hydrogens (primary N) is 1. The third kappa shape index (κ3) is 1.99. The van der Waals surface area contributed by atoms with Gasteiger partial charge < -0.3 is 15.4 Å². The first-order valence-electron chi connectivity index (χ1n) is 7.28. The molecule has 2 aliphatic rings. The van der Waals surface area contributed by atoms with E-state index in [1.807, 2.05) is 23.1 Å². The predicted octanol–water partition coefficient (Wildman–Crippen LogP) is 2.48. The molecule has 1 fully saturated rings. The van der Waals surface area contributed by atoms with Crippen LogP contribution in [0.15, 0.2) is 18.2 Å². The van der Waals surface area contributed by atoms with E-state index in [2.05, 4.69) is 6.92 Å². The molecule has 4 heteroatoms. The summed E-state index contributed by atoms with van der Waals surface area (Å²) in [6.45, 7) is 3.80. The van der Waals surface area contributed by atoms with Crippen LogP contribution in [-0.4, -0.2) is 19.1 Å². The zero-order chi connectivity index (χ0) is 14.4. The Morgan fingerprint density at radius 2 is 2.10 bits per heavy atom. The molecule has 1 aliphatic carbocycles. The fourth-order valence-electron chi connectivity index (χ4n) is 3.49. The van der Waals surface area contributed by atoms with Gasteiger partial charge in [0.05, 0.1) is 7.11 Å². The van der Waals surface area contributed by atoms with Crippen molar-refractivity contribution in [3.05, 3.63) is 23.8 Å². The van der Waals surface area contributed by atoms with E-state index in [-0.39, 0.29) is 23.9 Å². The van der Waals surface area contributed by atoms with E-state index < -0.39 is 0 Å². The van der Waals surface area contributed by atoms with Gasteiger partial charge in [-0.1, -0.05) is 6.92 Å². The maximum atomic E-state index is 12.2. The molecular formula is C16H22N2O2. The Morgan fingerprint density at radius 3 is 2.65 bits per heavy atom. The average molecular weight is 274 g/mol. The van der Waals surface area contributed by atoms with Gasteiger partial charge in [-0.15, -0.1) is 0 Å². The van der Waals surface area contributed by atoms with Crippen LogP contribution >= 0.6 is 0 Å². The van der Waals surface area contributed by atoms with Crippen LogP contribution in [0.2, 0.25) is 0 Å². The number of benzene rings is 1. The van der Waals surface area contributed by atoms with Gasteiger partial charge >= 0.3 is 0 Å². The highest BCUT2D eigenvalue weighted by Crippen LogP contribution is 2.48. The molecule has 1 aliphatic heterocycles. The van der Waals surface area contributed by atoms with Crippen LogP contribution in [0, 0.1) is 11.8 Å². The molecule has 0 saturated heterocycles. The Hall–Kier alpha value is -1.55. The molecule has 3 atom stereocenters. The summed E-state index contributed by atoms with van der Waals surface area (Å²) in [5.74, 6) is 1.77. The zero-order valence-electron chi connectivity index (χ0n) is 12.3. The van der Waals surface area contributed by atoms with Gasteiger partial charge in [0.2, 0.25) is 5.91 Å². The van der Waals surface area contributed by atoms with Crippen molar-refractivity contribution in [2.75, 3.05) is 12.0 Å². The zero-order valence-corrected chi connectivity index (χ0v) is 12.3. The summed E-state index contributed by atoms with van der Waals surface area (Å²) >= 11 is 0. The van der Waals surface area contributed by atoms with Gasteiger partial charge in [0.25, 0.3) is 0 Å². The molecule has 1 aromatic carbocycles. The summed E-state index contributed by atoms with van der Waals surface area (Å²) in [6, 6.07) is 6.04. The van der Waals surface area contributed by atoms with Gasteiger partial charge in [-0.05, 0) is 48.4 Å². The molecule has 108 valence electrons. The fourth-order valence-corrected chi connectivity index (χ4v) is 3.49. The van der Waals surface area contributed by atoms with Gasteiger partial charge in [-0.2, -0.15) is 0 Å². The van der Waals surface area contributed by atoms with E-state index >= 15 is 0 Å². The lowest BCUT2D eigenvalue weighted by Gasteiger charge is -2.44. The monoisotopic (exact) mass is 274 g/mol. The van der Waals surface area contributed by atoms with Crippen LogP contribution in [0.5, 0.6) is 5.75 Å². The summed E-state index contributed by atoms with van der Waals surface area (Å²) in [7, 11) is 1.65. The summed E-state index contributed by atoms with van der Waals surface area (Å²) in [5.41, 5.74) is 8.41. The molecule has 0 aromatic heterocycles. The van der Waals surface area contributed by atoms with Gasteiger partial charge in [0.1, 0.15) is 5.75 Å². The minimum absolute atomic E-state index is 0.0405. The lowest BCUT2D eigenvalue weighted by atomic mass is 9.80. The smallest absolute Gasteiger partial charge is 0.224 e. The maximum absolute atomic E-state index is 12.2. The molecule has 4 nitrogen and oxygen atoms in total. The van der Waals surface area contributed by atoms with Crippen LogP contribution in [0.1, 0.15) is 38.3 Å². The van der Waals surface area contributed by atoms with Crippen molar-refractivity contribution >= 4 is 11.6 Å².